The molecule has 0 saturated carbocycles. The minimum Gasteiger partial charge on any atom is -0.267 e. The summed E-state index contributed by atoms with van der Waals surface area (Å²) in [5.74, 6) is -1.72. The van der Waals surface area contributed by atoms with E-state index in [9.17, 15) is 18.0 Å². The molecule has 0 aliphatic carbocycles. The maximum Gasteiger partial charge on any atom is 0.286 e. The van der Waals surface area contributed by atoms with Gasteiger partial charge in [-0.25, -0.2) is 5.43 Å². The molecular formula is C24H22Cl2N2O4S. The third kappa shape index (κ3) is 5.74. The fourth-order valence-electron chi connectivity index (χ4n) is 2.92. The van der Waals surface area contributed by atoms with Gasteiger partial charge in [0.1, 0.15) is 0 Å². The summed E-state index contributed by atoms with van der Waals surface area (Å²) in [7, 11) is -4.44. The van der Waals surface area contributed by atoms with Gasteiger partial charge in [0.05, 0.1) is 4.90 Å². The molecule has 33 heavy (non-hydrogen) atoms. The van der Waals surface area contributed by atoms with Gasteiger partial charge in [0.2, 0.25) is 0 Å². The van der Waals surface area contributed by atoms with Gasteiger partial charge in [0, 0.05) is 21.2 Å². The number of sulfonamides is 1. The molecule has 172 valence electrons. The van der Waals surface area contributed by atoms with Crippen LogP contribution in [0.2, 0.25) is 10.0 Å². The van der Waals surface area contributed by atoms with Crippen LogP contribution in [0, 0.1) is 0 Å². The molecule has 9 heteroatoms. The molecule has 0 atom stereocenters. The van der Waals surface area contributed by atoms with Gasteiger partial charge in [-0.15, -0.1) is 4.41 Å². The van der Waals surface area contributed by atoms with Crippen molar-refractivity contribution in [2.45, 2.75) is 31.1 Å². The fraction of sp³-hybridized carbons (Fsp3) is 0.167. The van der Waals surface area contributed by atoms with Crippen molar-refractivity contribution in [2.24, 2.45) is 0 Å². The third-order valence-corrected chi connectivity index (χ3v) is 6.95. The Morgan fingerprint density at radius 1 is 0.758 bits per heavy atom. The van der Waals surface area contributed by atoms with E-state index in [2.05, 4.69) is 5.43 Å². The number of nitrogens with zero attached hydrogens (tertiary/aromatic N) is 1. The number of nitrogens with one attached hydrogen (secondary N) is 1. The smallest absolute Gasteiger partial charge is 0.267 e. The summed E-state index contributed by atoms with van der Waals surface area (Å²) in [5.41, 5.74) is 3.12. The van der Waals surface area contributed by atoms with E-state index in [-0.39, 0.29) is 21.4 Å². The zero-order valence-electron chi connectivity index (χ0n) is 18.2. The molecule has 2 amide bonds. The van der Waals surface area contributed by atoms with Crippen LogP contribution >= 0.6 is 23.2 Å². The van der Waals surface area contributed by atoms with Gasteiger partial charge in [0.15, 0.2) is 0 Å². The van der Waals surface area contributed by atoms with Gasteiger partial charge in [-0.2, -0.15) is 8.42 Å². The molecule has 0 heterocycles. The Balaban J connectivity index is 2.02. The Kier molecular flexibility index (Phi) is 7.17. The standard InChI is InChI=1S/C24H22Cl2N2O4S/c1-24(2,3)18-8-14-21(15-9-18)33(31,32)28(23(30)17-6-12-20(26)13-7-17)27-22(29)16-4-10-19(25)11-5-16/h4-15H,1-3H3,(H,27,29). The second kappa shape index (κ2) is 9.55. The maximum atomic E-state index is 13.4. The Morgan fingerprint density at radius 2 is 1.21 bits per heavy atom. The van der Waals surface area contributed by atoms with E-state index in [4.69, 9.17) is 23.2 Å². The predicted molar refractivity (Wildman–Crippen MR) is 129 cm³/mol. The molecule has 0 fully saturated rings. The summed E-state index contributed by atoms with van der Waals surface area (Å²) >= 11 is 11.7. The quantitative estimate of drug-likeness (QED) is 0.477. The lowest BCUT2D eigenvalue weighted by molar-refractivity contribution is 0.0724. The van der Waals surface area contributed by atoms with Gasteiger partial charge in [0.25, 0.3) is 21.8 Å². The second-order valence-electron chi connectivity index (χ2n) is 8.30. The molecule has 0 aliphatic heterocycles. The number of hydrogen-bond acceptors (Lipinski definition) is 4. The highest BCUT2D eigenvalue weighted by Crippen LogP contribution is 2.25. The molecule has 0 saturated heterocycles. The minimum atomic E-state index is -4.44. The van der Waals surface area contributed by atoms with Gasteiger partial charge in [-0.05, 0) is 71.6 Å². The van der Waals surface area contributed by atoms with Crippen LogP contribution in [0.15, 0.2) is 77.7 Å². The van der Waals surface area contributed by atoms with Crippen molar-refractivity contribution >= 4 is 45.0 Å². The third-order valence-electron chi connectivity index (χ3n) is 4.84. The van der Waals surface area contributed by atoms with Crippen LogP contribution in [-0.2, 0) is 15.4 Å². The Morgan fingerprint density at radius 3 is 1.67 bits per heavy atom. The van der Waals surface area contributed by atoms with E-state index >= 15 is 0 Å². The molecule has 0 aliphatic rings. The highest BCUT2D eigenvalue weighted by Gasteiger charge is 2.32. The highest BCUT2D eigenvalue weighted by molar-refractivity contribution is 7.89. The molecule has 0 radical (unpaired) electrons. The Labute approximate surface area is 203 Å². The van der Waals surface area contributed by atoms with Crippen molar-refractivity contribution < 1.29 is 18.0 Å². The lowest BCUT2D eigenvalue weighted by Gasteiger charge is -2.24. The van der Waals surface area contributed by atoms with Gasteiger partial charge in [-0.3, -0.25) is 9.59 Å². The molecule has 0 spiro atoms. The number of rotatable bonds is 4. The minimum absolute atomic E-state index is 0.0330. The zero-order chi connectivity index (χ0) is 24.4. The number of benzene rings is 3. The first-order valence-corrected chi connectivity index (χ1v) is 12.1. The Hall–Kier alpha value is -2.87. The van der Waals surface area contributed by atoms with Crippen molar-refractivity contribution in [2.75, 3.05) is 0 Å². The van der Waals surface area contributed by atoms with Crippen molar-refractivity contribution in [3.63, 3.8) is 0 Å². The number of carbonyl (C=O) groups excluding carboxylic acids is 2. The maximum absolute atomic E-state index is 13.4. The number of carbonyl (C=O) groups is 2. The highest BCUT2D eigenvalue weighted by atomic mass is 35.5. The fourth-order valence-corrected chi connectivity index (χ4v) is 4.39. The summed E-state index contributed by atoms with van der Waals surface area (Å²) < 4.78 is 27.2. The number of hydrogen-bond donors (Lipinski definition) is 1. The van der Waals surface area contributed by atoms with E-state index in [1.165, 1.54) is 60.7 Å². The van der Waals surface area contributed by atoms with Crippen LogP contribution in [-0.4, -0.2) is 24.6 Å². The predicted octanol–water partition coefficient (Wildman–Crippen LogP) is 5.47. The monoisotopic (exact) mass is 504 g/mol. The van der Waals surface area contributed by atoms with Gasteiger partial charge >= 0.3 is 0 Å². The van der Waals surface area contributed by atoms with E-state index in [0.717, 1.165) is 5.56 Å². The lowest BCUT2D eigenvalue weighted by atomic mass is 9.87. The first kappa shape index (κ1) is 24.8. The molecule has 0 aromatic heterocycles. The summed E-state index contributed by atoms with van der Waals surface area (Å²) in [6, 6.07) is 17.7. The van der Waals surface area contributed by atoms with E-state index < -0.39 is 21.8 Å². The molecular weight excluding hydrogens is 483 g/mol. The van der Waals surface area contributed by atoms with Crippen LogP contribution in [0.3, 0.4) is 0 Å². The molecule has 3 aromatic rings. The average molecular weight is 505 g/mol. The van der Waals surface area contributed by atoms with Crippen molar-refractivity contribution in [1.29, 1.82) is 0 Å². The second-order valence-corrected chi connectivity index (χ2v) is 11.0. The zero-order valence-corrected chi connectivity index (χ0v) is 20.5. The van der Waals surface area contributed by atoms with Crippen LogP contribution in [0.25, 0.3) is 0 Å². The summed E-state index contributed by atoms with van der Waals surface area (Å²) in [6.07, 6.45) is 0. The van der Waals surface area contributed by atoms with Crippen LogP contribution in [0.1, 0.15) is 47.1 Å². The normalized spacial score (nSPS) is 11.7. The van der Waals surface area contributed by atoms with Crippen LogP contribution < -0.4 is 5.43 Å². The number of halogens is 2. The molecule has 6 nitrogen and oxygen atoms in total. The van der Waals surface area contributed by atoms with Crippen molar-refractivity contribution in [1.82, 2.24) is 9.84 Å². The largest absolute Gasteiger partial charge is 0.286 e. The average Bonchev–Trinajstić information content (AvgIpc) is 2.77. The van der Waals surface area contributed by atoms with E-state index in [1.807, 2.05) is 20.8 Å². The molecule has 3 rings (SSSR count). The molecule has 0 bridgehead atoms. The van der Waals surface area contributed by atoms with Gasteiger partial charge < -0.3 is 0 Å². The SMILES string of the molecule is CC(C)(C)c1ccc(S(=O)(=O)N(NC(=O)c2ccc(Cl)cc2)C(=O)c2ccc(Cl)cc2)cc1. The molecule has 1 N–H and O–H groups in total. The first-order valence-electron chi connectivity index (χ1n) is 9.92. The van der Waals surface area contributed by atoms with Crippen molar-refractivity contribution in [3.8, 4) is 0 Å². The lowest BCUT2D eigenvalue weighted by Crippen LogP contribution is -2.49. The van der Waals surface area contributed by atoms with E-state index in [0.29, 0.717) is 14.5 Å². The summed E-state index contributed by atoms with van der Waals surface area (Å²) in [6.45, 7) is 6.00. The van der Waals surface area contributed by atoms with Crippen LogP contribution in [0.4, 0.5) is 0 Å². The summed E-state index contributed by atoms with van der Waals surface area (Å²) in [5, 5.41) is 0.788. The van der Waals surface area contributed by atoms with E-state index in [1.54, 1.807) is 12.1 Å². The summed E-state index contributed by atoms with van der Waals surface area (Å²) in [4.78, 5) is 25.8. The molecule has 3 aromatic carbocycles. The van der Waals surface area contributed by atoms with Crippen molar-refractivity contribution in [3.05, 3.63) is 99.5 Å². The first-order chi connectivity index (χ1) is 15.4. The number of hydrazine groups is 1. The topological polar surface area (TPSA) is 83.6 Å². The molecule has 0 unspecified atom stereocenters. The van der Waals surface area contributed by atoms with Gasteiger partial charge in [-0.1, -0.05) is 56.1 Å². The number of amides is 2. The van der Waals surface area contributed by atoms with Crippen LogP contribution in [0.5, 0.6) is 0 Å². The Bertz CT molecular complexity index is 1270.